The van der Waals surface area contributed by atoms with Crippen LogP contribution in [0.1, 0.15) is 41.8 Å². The van der Waals surface area contributed by atoms with E-state index in [1.165, 1.54) is 31.0 Å². The van der Waals surface area contributed by atoms with E-state index in [4.69, 9.17) is 0 Å². The van der Waals surface area contributed by atoms with Gasteiger partial charge >= 0.3 is 0 Å². The van der Waals surface area contributed by atoms with E-state index in [2.05, 4.69) is 5.32 Å². The molecule has 0 saturated carbocycles. The molecule has 0 aromatic heterocycles. The maximum absolute atomic E-state index is 13.5. The SMILES string of the molecule is CCC(C(=O)NC)N(Cc1ccccc1C)C(=O)CN(c1cccc(C(C)=O)c1)S(C)(=O)=O. The summed E-state index contributed by atoms with van der Waals surface area (Å²) in [6.07, 6.45) is 1.36. The molecule has 0 aliphatic rings. The molecule has 0 saturated heterocycles. The molecule has 0 aliphatic carbocycles. The molecule has 1 unspecified atom stereocenters. The van der Waals surface area contributed by atoms with Crippen LogP contribution in [0.25, 0.3) is 0 Å². The van der Waals surface area contributed by atoms with Gasteiger partial charge < -0.3 is 10.2 Å². The van der Waals surface area contributed by atoms with Gasteiger partial charge in [0.2, 0.25) is 21.8 Å². The molecule has 9 heteroatoms. The van der Waals surface area contributed by atoms with Gasteiger partial charge in [0.15, 0.2) is 5.78 Å². The molecule has 0 aliphatic heterocycles. The first kappa shape index (κ1) is 26.1. The third-order valence-corrected chi connectivity index (χ3v) is 6.59. The smallest absolute Gasteiger partial charge is 0.244 e. The van der Waals surface area contributed by atoms with Gasteiger partial charge in [-0.2, -0.15) is 0 Å². The van der Waals surface area contributed by atoms with Gasteiger partial charge in [-0.05, 0) is 43.5 Å². The van der Waals surface area contributed by atoms with Gasteiger partial charge in [0.05, 0.1) is 11.9 Å². The molecule has 8 nitrogen and oxygen atoms in total. The number of carbonyl (C=O) groups excluding carboxylic acids is 3. The lowest BCUT2D eigenvalue weighted by Gasteiger charge is -2.33. The highest BCUT2D eigenvalue weighted by atomic mass is 32.2. The van der Waals surface area contributed by atoms with E-state index < -0.39 is 28.5 Å². The molecular formula is C24H31N3O5S. The largest absolute Gasteiger partial charge is 0.357 e. The summed E-state index contributed by atoms with van der Waals surface area (Å²) >= 11 is 0. The highest BCUT2D eigenvalue weighted by molar-refractivity contribution is 7.92. The van der Waals surface area contributed by atoms with Gasteiger partial charge in [-0.15, -0.1) is 0 Å². The van der Waals surface area contributed by atoms with Gasteiger partial charge in [-0.25, -0.2) is 8.42 Å². The van der Waals surface area contributed by atoms with Crippen molar-refractivity contribution in [2.75, 3.05) is 24.2 Å². The third-order valence-electron chi connectivity index (χ3n) is 5.45. The van der Waals surface area contributed by atoms with Crippen molar-refractivity contribution in [1.82, 2.24) is 10.2 Å². The minimum absolute atomic E-state index is 0.155. The molecule has 2 aromatic carbocycles. The van der Waals surface area contributed by atoms with Gasteiger partial charge in [0.1, 0.15) is 12.6 Å². The molecule has 0 bridgehead atoms. The Morgan fingerprint density at radius 2 is 1.73 bits per heavy atom. The van der Waals surface area contributed by atoms with E-state index in [9.17, 15) is 22.8 Å². The second kappa shape index (κ2) is 11.1. The monoisotopic (exact) mass is 473 g/mol. The quantitative estimate of drug-likeness (QED) is 0.534. The van der Waals surface area contributed by atoms with Crippen molar-refractivity contribution in [2.24, 2.45) is 0 Å². The Morgan fingerprint density at radius 3 is 2.27 bits per heavy atom. The number of carbonyl (C=O) groups is 3. The van der Waals surface area contributed by atoms with Crippen molar-refractivity contribution < 1.29 is 22.8 Å². The number of rotatable bonds is 10. The summed E-state index contributed by atoms with van der Waals surface area (Å²) in [4.78, 5) is 39.3. The highest BCUT2D eigenvalue weighted by Crippen LogP contribution is 2.22. The molecule has 2 rings (SSSR count). The highest BCUT2D eigenvalue weighted by Gasteiger charge is 2.31. The Bertz CT molecular complexity index is 1130. The standard InChI is InChI=1S/C24H31N3O5S/c1-6-22(24(30)25-4)26(15-20-11-8-7-10-17(20)2)23(29)16-27(33(5,31)32)21-13-9-12-19(14-21)18(3)28/h7-14,22H,6,15-16H2,1-5H3,(H,25,30). The van der Waals surface area contributed by atoms with Crippen LogP contribution in [0.4, 0.5) is 5.69 Å². The maximum Gasteiger partial charge on any atom is 0.244 e. The van der Waals surface area contributed by atoms with E-state index in [1.54, 1.807) is 19.1 Å². The number of hydrogen-bond donors (Lipinski definition) is 1. The number of likely N-dealkylation sites (N-methyl/N-ethyl adjacent to an activating group) is 1. The number of ketones is 1. The summed E-state index contributed by atoms with van der Waals surface area (Å²) in [7, 11) is -2.36. The maximum atomic E-state index is 13.5. The molecule has 178 valence electrons. The predicted octanol–water partition coefficient (Wildman–Crippen LogP) is 2.52. The fourth-order valence-corrected chi connectivity index (χ4v) is 4.39. The number of benzene rings is 2. The fraction of sp³-hybridized carbons (Fsp3) is 0.375. The second-order valence-corrected chi connectivity index (χ2v) is 9.77. The van der Waals surface area contributed by atoms with E-state index in [0.29, 0.717) is 12.0 Å². The second-order valence-electron chi connectivity index (χ2n) is 7.86. The minimum Gasteiger partial charge on any atom is -0.357 e. The van der Waals surface area contributed by atoms with Crippen LogP contribution in [0, 0.1) is 6.92 Å². The van der Waals surface area contributed by atoms with Crippen LogP contribution < -0.4 is 9.62 Å². The lowest BCUT2D eigenvalue weighted by molar-refractivity contribution is -0.140. The summed E-state index contributed by atoms with van der Waals surface area (Å²) < 4.78 is 26.2. The first-order valence-electron chi connectivity index (χ1n) is 10.6. The lowest BCUT2D eigenvalue weighted by Crippen LogP contribution is -2.51. The van der Waals surface area contributed by atoms with Gasteiger partial charge in [-0.3, -0.25) is 18.7 Å². The molecule has 33 heavy (non-hydrogen) atoms. The van der Waals surface area contributed by atoms with Crippen LogP contribution in [-0.2, 0) is 26.2 Å². The van der Waals surface area contributed by atoms with E-state index in [0.717, 1.165) is 21.7 Å². The molecule has 1 atom stereocenters. The Kier molecular flexibility index (Phi) is 8.76. The molecule has 0 radical (unpaired) electrons. The average Bonchev–Trinajstić information content (AvgIpc) is 2.77. The van der Waals surface area contributed by atoms with Gasteiger partial charge in [0, 0.05) is 19.2 Å². The molecule has 2 amide bonds. The molecule has 0 heterocycles. The zero-order chi connectivity index (χ0) is 24.8. The van der Waals surface area contributed by atoms with Crippen LogP contribution in [0.15, 0.2) is 48.5 Å². The number of Topliss-reactive ketones (excluding diaryl/α,β-unsaturated/α-hetero) is 1. The third kappa shape index (κ3) is 6.64. The number of amides is 2. The summed E-state index contributed by atoms with van der Waals surface area (Å²) in [5.41, 5.74) is 2.36. The van der Waals surface area contributed by atoms with E-state index in [-0.39, 0.29) is 23.9 Å². The van der Waals surface area contributed by atoms with Crippen molar-refractivity contribution in [3.63, 3.8) is 0 Å². The van der Waals surface area contributed by atoms with Crippen molar-refractivity contribution in [3.05, 3.63) is 65.2 Å². The number of aryl methyl sites for hydroxylation is 1. The zero-order valence-corrected chi connectivity index (χ0v) is 20.5. The van der Waals surface area contributed by atoms with Crippen molar-refractivity contribution in [2.45, 2.75) is 39.8 Å². The lowest BCUT2D eigenvalue weighted by atomic mass is 10.1. The summed E-state index contributed by atoms with van der Waals surface area (Å²) in [6, 6.07) is 12.9. The molecule has 1 N–H and O–H groups in total. The summed E-state index contributed by atoms with van der Waals surface area (Å²) in [5.74, 6) is -1.07. The number of nitrogens with one attached hydrogen (secondary N) is 1. The number of anilines is 1. The topological polar surface area (TPSA) is 104 Å². The molecular weight excluding hydrogens is 442 g/mol. The van der Waals surface area contributed by atoms with Crippen molar-refractivity contribution >= 4 is 33.3 Å². The van der Waals surface area contributed by atoms with Crippen LogP contribution in [0.5, 0.6) is 0 Å². The molecule has 0 spiro atoms. The van der Waals surface area contributed by atoms with Gasteiger partial charge in [-0.1, -0.05) is 43.3 Å². The fourth-order valence-electron chi connectivity index (χ4n) is 3.55. The summed E-state index contributed by atoms with van der Waals surface area (Å²) in [5, 5.41) is 2.58. The normalized spacial score (nSPS) is 12.0. The van der Waals surface area contributed by atoms with Crippen LogP contribution in [-0.4, -0.2) is 56.8 Å². The van der Waals surface area contributed by atoms with Crippen LogP contribution in [0.3, 0.4) is 0 Å². The average molecular weight is 474 g/mol. The predicted molar refractivity (Wildman–Crippen MR) is 129 cm³/mol. The van der Waals surface area contributed by atoms with Crippen LogP contribution in [0.2, 0.25) is 0 Å². The minimum atomic E-state index is -3.85. The van der Waals surface area contributed by atoms with Crippen LogP contribution >= 0.6 is 0 Å². The Labute approximate surface area is 195 Å². The van der Waals surface area contributed by atoms with Crippen molar-refractivity contribution in [1.29, 1.82) is 0 Å². The zero-order valence-electron chi connectivity index (χ0n) is 19.7. The van der Waals surface area contributed by atoms with E-state index >= 15 is 0 Å². The Morgan fingerprint density at radius 1 is 1.06 bits per heavy atom. The number of sulfonamides is 1. The Balaban J connectivity index is 2.48. The van der Waals surface area contributed by atoms with Crippen molar-refractivity contribution in [3.8, 4) is 0 Å². The Hall–Kier alpha value is -3.20. The first-order valence-corrected chi connectivity index (χ1v) is 12.5. The first-order chi connectivity index (χ1) is 15.5. The van der Waals surface area contributed by atoms with E-state index in [1.807, 2.05) is 31.2 Å². The van der Waals surface area contributed by atoms with Gasteiger partial charge in [0.25, 0.3) is 0 Å². The molecule has 0 fully saturated rings. The number of nitrogens with zero attached hydrogens (tertiary/aromatic N) is 2. The molecule has 2 aromatic rings. The summed E-state index contributed by atoms with van der Waals surface area (Å²) in [6.45, 7) is 4.74. The number of hydrogen-bond acceptors (Lipinski definition) is 5.